The van der Waals surface area contributed by atoms with Crippen molar-refractivity contribution in [2.45, 2.75) is 25.6 Å². The van der Waals surface area contributed by atoms with Gasteiger partial charge < -0.3 is 14.7 Å². The minimum absolute atomic E-state index is 0.0824. The van der Waals surface area contributed by atoms with Gasteiger partial charge in [0.2, 0.25) is 0 Å². The minimum atomic E-state index is -4.70. The van der Waals surface area contributed by atoms with Gasteiger partial charge in [-0.15, -0.1) is 0 Å². The number of hydrogen-bond acceptors (Lipinski definition) is 3. The Bertz CT molecular complexity index is 531. The molecule has 1 saturated heterocycles. The first kappa shape index (κ1) is 15.6. The van der Waals surface area contributed by atoms with E-state index in [1.807, 2.05) is 6.92 Å². The number of hydrogen-bond donors (Lipinski definition) is 1. The zero-order valence-corrected chi connectivity index (χ0v) is 11.5. The standard InChI is InChI=1S/C14H16F3NO3/c1-9-8-18(5-2-6-21-9)10-3-4-11(13(19)20)12(7-10)14(15,16)17/h3-4,7,9H,2,5-6,8H2,1H3,(H,19,20). The largest absolute Gasteiger partial charge is 0.478 e. The molecule has 1 aliphatic heterocycles. The summed E-state index contributed by atoms with van der Waals surface area (Å²) in [7, 11) is 0. The van der Waals surface area contributed by atoms with Crippen molar-refractivity contribution in [2.75, 3.05) is 24.6 Å². The van der Waals surface area contributed by atoms with Crippen LogP contribution in [0.5, 0.6) is 0 Å². The van der Waals surface area contributed by atoms with Crippen molar-refractivity contribution < 1.29 is 27.8 Å². The molecule has 116 valence electrons. The van der Waals surface area contributed by atoms with Gasteiger partial charge in [-0.25, -0.2) is 4.79 Å². The maximum Gasteiger partial charge on any atom is 0.417 e. The van der Waals surface area contributed by atoms with Crippen LogP contribution < -0.4 is 4.90 Å². The smallest absolute Gasteiger partial charge is 0.417 e. The van der Waals surface area contributed by atoms with E-state index < -0.39 is 23.3 Å². The Balaban J connectivity index is 2.39. The molecule has 7 heteroatoms. The highest BCUT2D eigenvalue weighted by Gasteiger charge is 2.36. The summed E-state index contributed by atoms with van der Waals surface area (Å²) in [5.74, 6) is -1.58. The van der Waals surface area contributed by atoms with Crippen LogP contribution in [0.3, 0.4) is 0 Å². The Labute approximate surface area is 120 Å². The van der Waals surface area contributed by atoms with Crippen molar-refractivity contribution in [1.82, 2.24) is 0 Å². The lowest BCUT2D eigenvalue weighted by atomic mass is 10.1. The Morgan fingerprint density at radius 2 is 2.14 bits per heavy atom. The highest BCUT2D eigenvalue weighted by atomic mass is 19.4. The second kappa shape index (κ2) is 5.93. The fourth-order valence-corrected chi connectivity index (χ4v) is 2.38. The predicted molar refractivity (Wildman–Crippen MR) is 70.6 cm³/mol. The first-order chi connectivity index (χ1) is 9.79. The molecule has 4 nitrogen and oxygen atoms in total. The lowest BCUT2D eigenvalue weighted by Crippen LogP contribution is -2.30. The highest BCUT2D eigenvalue weighted by Crippen LogP contribution is 2.35. The molecule has 0 spiro atoms. The number of halogens is 3. The molecular weight excluding hydrogens is 287 g/mol. The summed E-state index contributed by atoms with van der Waals surface area (Å²) in [5, 5.41) is 8.88. The minimum Gasteiger partial charge on any atom is -0.478 e. The molecule has 0 amide bonds. The lowest BCUT2D eigenvalue weighted by molar-refractivity contribution is -0.138. The third kappa shape index (κ3) is 3.66. The number of rotatable bonds is 2. The Hall–Kier alpha value is -1.76. The summed E-state index contributed by atoms with van der Waals surface area (Å²) in [4.78, 5) is 12.7. The summed E-state index contributed by atoms with van der Waals surface area (Å²) in [6, 6.07) is 3.33. The molecule has 1 aliphatic rings. The molecule has 0 aliphatic carbocycles. The number of benzene rings is 1. The first-order valence-corrected chi connectivity index (χ1v) is 6.60. The molecule has 1 atom stereocenters. The van der Waals surface area contributed by atoms with Crippen molar-refractivity contribution in [3.05, 3.63) is 29.3 Å². The van der Waals surface area contributed by atoms with E-state index in [9.17, 15) is 18.0 Å². The Morgan fingerprint density at radius 3 is 2.76 bits per heavy atom. The number of alkyl halides is 3. The molecule has 0 aromatic heterocycles. The number of anilines is 1. The maximum absolute atomic E-state index is 13.0. The molecular formula is C14H16F3NO3. The Kier molecular flexibility index (Phi) is 4.41. The van der Waals surface area contributed by atoms with Crippen LogP contribution in [0, 0.1) is 0 Å². The maximum atomic E-state index is 13.0. The molecule has 1 aromatic carbocycles. The third-order valence-corrected chi connectivity index (χ3v) is 3.36. The van der Waals surface area contributed by atoms with Crippen LogP contribution in [0.1, 0.15) is 29.3 Å². The van der Waals surface area contributed by atoms with Crippen LogP contribution in [0.2, 0.25) is 0 Å². The third-order valence-electron chi connectivity index (χ3n) is 3.36. The van der Waals surface area contributed by atoms with Gasteiger partial charge >= 0.3 is 12.1 Å². The molecule has 0 bridgehead atoms. The van der Waals surface area contributed by atoms with Crippen LogP contribution >= 0.6 is 0 Å². The number of carboxylic acids is 1. The number of carbonyl (C=O) groups is 1. The van der Waals surface area contributed by atoms with Crippen molar-refractivity contribution in [2.24, 2.45) is 0 Å². The second-order valence-corrected chi connectivity index (χ2v) is 5.01. The molecule has 1 N–H and O–H groups in total. The zero-order valence-electron chi connectivity index (χ0n) is 11.5. The second-order valence-electron chi connectivity index (χ2n) is 5.01. The van der Waals surface area contributed by atoms with Crippen LogP contribution in [-0.2, 0) is 10.9 Å². The highest BCUT2D eigenvalue weighted by molar-refractivity contribution is 5.90. The van der Waals surface area contributed by atoms with Gasteiger partial charge in [0, 0.05) is 25.4 Å². The first-order valence-electron chi connectivity index (χ1n) is 6.60. The van der Waals surface area contributed by atoms with E-state index >= 15 is 0 Å². The van der Waals surface area contributed by atoms with E-state index in [0.29, 0.717) is 31.8 Å². The van der Waals surface area contributed by atoms with Gasteiger partial charge in [0.1, 0.15) is 0 Å². The molecule has 1 fully saturated rings. The Morgan fingerprint density at radius 1 is 1.43 bits per heavy atom. The van der Waals surface area contributed by atoms with E-state index in [4.69, 9.17) is 9.84 Å². The van der Waals surface area contributed by atoms with Crippen LogP contribution in [0.25, 0.3) is 0 Å². The molecule has 0 radical (unpaired) electrons. The van der Waals surface area contributed by atoms with Gasteiger partial charge in [0.15, 0.2) is 0 Å². The summed E-state index contributed by atoms with van der Waals surface area (Å²) in [6.07, 6.45) is -4.06. The van der Waals surface area contributed by atoms with Gasteiger partial charge in [-0.3, -0.25) is 0 Å². The van der Waals surface area contributed by atoms with Crippen LogP contribution in [0.15, 0.2) is 18.2 Å². The summed E-state index contributed by atoms with van der Waals surface area (Å²) < 4.78 is 44.5. The molecule has 1 heterocycles. The molecule has 2 rings (SSSR count). The average Bonchev–Trinajstić information content (AvgIpc) is 2.61. The number of nitrogens with zero attached hydrogens (tertiary/aromatic N) is 1. The fraction of sp³-hybridized carbons (Fsp3) is 0.500. The molecule has 0 saturated carbocycles. The molecule has 1 aromatic rings. The average molecular weight is 303 g/mol. The fourth-order valence-electron chi connectivity index (χ4n) is 2.38. The summed E-state index contributed by atoms with van der Waals surface area (Å²) in [5.41, 5.74) is -1.49. The predicted octanol–water partition coefficient (Wildman–Crippen LogP) is 3.02. The SMILES string of the molecule is CC1CN(c2ccc(C(=O)O)c(C(F)(F)F)c2)CCCO1. The van der Waals surface area contributed by atoms with Crippen molar-refractivity contribution in [1.29, 1.82) is 0 Å². The number of carboxylic acid groups (broad SMARTS) is 1. The topological polar surface area (TPSA) is 49.8 Å². The lowest BCUT2D eigenvalue weighted by Gasteiger charge is -2.25. The normalized spacial score (nSPS) is 20.2. The summed E-state index contributed by atoms with van der Waals surface area (Å²) >= 11 is 0. The van der Waals surface area contributed by atoms with Crippen LogP contribution in [0.4, 0.5) is 18.9 Å². The number of ether oxygens (including phenoxy) is 1. The summed E-state index contributed by atoms with van der Waals surface area (Å²) in [6.45, 7) is 3.48. The van der Waals surface area contributed by atoms with E-state index in [2.05, 4.69) is 0 Å². The molecule has 1 unspecified atom stereocenters. The van der Waals surface area contributed by atoms with Gasteiger partial charge in [0.05, 0.1) is 17.2 Å². The van der Waals surface area contributed by atoms with Gasteiger partial charge in [-0.1, -0.05) is 0 Å². The number of aromatic carboxylic acids is 1. The van der Waals surface area contributed by atoms with Crippen LogP contribution in [-0.4, -0.2) is 36.9 Å². The van der Waals surface area contributed by atoms with Crippen molar-refractivity contribution >= 4 is 11.7 Å². The van der Waals surface area contributed by atoms with E-state index in [1.54, 1.807) is 4.90 Å². The van der Waals surface area contributed by atoms with Crippen molar-refractivity contribution in [3.63, 3.8) is 0 Å². The molecule has 21 heavy (non-hydrogen) atoms. The van der Waals surface area contributed by atoms with E-state index in [1.165, 1.54) is 6.07 Å². The monoisotopic (exact) mass is 303 g/mol. The van der Waals surface area contributed by atoms with E-state index in [0.717, 1.165) is 12.1 Å². The zero-order chi connectivity index (χ0) is 15.6. The van der Waals surface area contributed by atoms with Gasteiger partial charge in [0.25, 0.3) is 0 Å². The van der Waals surface area contributed by atoms with Crippen molar-refractivity contribution in [3.8, 4) is 0 Å². The van der Waals surface area contributed by atoms with Gasteiger partial charge in [-0.2, -0.15) is 13.2 Å². The quantitative estimate of drug-likeness (QED) is 0.912. The van der Waals surface area contributed by atoms with E-state index in [-0.39, 0.29) is 6.10 Å². The van der Waals surface area contributed by atoms with Gasteiger partial charge in [-0.05, 0) is 31.5 Å².